The van der Waals surface area contributed by atoms with Crippen LogP contribution < -0.4 is 0 Å². The minimum absolute atomic E-state index is 0.0719. The van der Waals surface area contributed by atoms with Gasteiger partial charge in [-0.25, -0.2) is 0 Å². The van der Waals surface area contributed by atoms with Gasteiger partial charge in [0.25, 0.3) is 0 Å². The van der Waals surface area contributed by atoms with Crippen molar-refractivity contribution >= 4 is 5.78 Å². The lowest BCUT2D eigenvalue weighted by atomic mass is 9.95. The van der Waals surface area contributed by atoms with Crippen molar-refractivity contribution in [2.75, 3.05) is 0 Å². The highest BCUT2D eigenvalue weighted by Crippen LogP contribution is 2.17. The molecule has 1 rings (SSSR count). The van der Waals surface area contributed by atoms with Crippen molar-refractivity contribution in [3.8, 4) is 35.5 Å². The van der Waals surface area contributed by atoms with E-state index in [4.69, 9.17) is 5.53 Å². The van der Waals surface area contributed by atoms with Crippen LogP contribution in [0.3, 0.4) is 0 Å². The van der Waals surface area contributed by atoms with Gasteiger partial charge in [0.15, 0.2) is 0 Å². The molecule has 92 valence electrons. The maximum atomic E-state index is 10.7. The molecular weight excluding hydrogens is 226 g/mol. The Kier molecular flexibility index (Phi) is 9.70. The summed E-state index contributed by atoms with van der Waals surface area (Å²) in [7, 11) is 0. The summed E-state index contributed by atoms with van der Waals surface area (Å²) in [6.07, 6.45) is 2.65. The number of ketones is 1. The average Bonchev–Trinajstić information content (AvgIpc) is 2.39. The fraction of sp³-hybridized carbons (Fsp3) is 0.500. The van der Waals surface area contributed by atoms with E-state index >= 15 is 0 Å². The molecule has 0 aromatic carbocycles. The van der Waals surface area contributed by atoms with Crippen LogP contribution in [0.25, 0.3) is 10.4 Å². The highest BCUT2D eigenvalue weighted by Gasteiger charge is 2.16. The van der Waals surface area contributed by atoms with E-state index in [0.29, 0.717) is 18.6 Å². The summed E-state index contributed by atoms with van der Waals surface area (Å²) in [5, 5.41) is 3.55. The van der Waals surface area contributed by atoms with Crippen LogP contribution in [0.5, 0.6) is 0 Å². The molecule has 1 aliphatic rings. The topological polar surface area (TPSA) is 65.8 Å². The Labute approximate surface area is 108 Å². The van der Waals surface area contributed by atoms with Gasteiger partial charge in [-0.05, 0) is 55.9 Å². The second-order valence-electron chi connectivity index (χ2n) is 3.47. The minimum atomic E-state index is 0.0719. The number of hydrogen-bond donors (Lipinski definition) is 0. The van der Waals surface area contributed by atoms with E-state index in [1.807, 2.05) is 0 Å². The average molecular weight is 241 g/mol. The van der Waals surface area contributed by atoms with Crippen LogP contribution in [0.2, 0.25) is 0 Å². The summed E-state index contributed by atoms with van der Waals surface area (Å²) in [5.74, 6) is 15.8. The van der Waals surface area contributed by atoms with Crippen LogP contribution in [-0.4, -0.2) is 11.8 Å². The molecule has 1 aliphatic carbocycles. The second-order valence-corrected chi connectivity index (χ2v) is 3.47. The molecule has 0 heterocycles. The smallest absolute Gasteiger partial charge is 0.132 e. The molecule has 0 atom stereocenters. The third-order valence-electron chi connectivity index (χ3n) is 2.17. The van der Waals surface area contributed by atoms with Crippen LogP contribution in [0.1, 0.15) is 39.5 Å². The molecule has 1 fully saturated rings. The Morgan fingerprint density at radius 3 is 2.00 bits per heavy atom. The fourth-order valence-electron chi connectivity index (χ4n) is 1.30. The van der Waals surface area contributed by atoms with Gasteiger partial charge in [0, 0.05) is 23.8 Å². The molecule has 0 N–H and O–H groups in total. The Balaban J connectivity index is 0.000000331. The van der Waals surface area contributed by atoms with E-state index in [1.165, 1.54) is 0 Å². The fourth-order valence-corrected chi connectivity index (χ4v) is 1.30. The van der Waals surface area contributed by atoms with Crippen molar-refractivity contribution in [1.82, 2.24) is 0 Å². The van der Waals surface area contributed by atoms with Gasteiger partial charge in [0.1, 0.15) is 5.78 Å². The zero-order chi connectivity index (χ0) is 13.6. The molecule has 4 heteroatoms. The van der Waals surface area contributed by atoms with E-state index in [1.54, 1.807) is 13.8 Å². The van der Waals surface area contributed by atoms with Gasteiger partial charge in [-0.15, -0.1) is 0 Å². The van der Waals surface area contributed by atoms with Crippen molar-refractivity contribution in [3.05, 3.63) is 10.4 Å². The van der Waals surface area contributed by atoms with E-state index in [9.17, 15) is 4.79 Å². The minimum Gasteiger partial charge on any atom is -0.300 e. The summed E-state index contributed by atoms with van der Waals surface area (Å²) >= 11 is 0. The lowest BCUT2D eigenvalue weighted by molar-refractivity contribution is -0.120. The molecule has 0 saturated heterocycles. The van der Waals surface area contributed by atoms with Gasteiger partial charge in [0.05, 0.1) is 0 Å². The van der Waals surface area contributed by atoms with E-state index in [0.717, 1.165) is 12.8 Å². The van der Waals surface area contributed by atoms with Crippen LogP contribution in [-0.2, 0) is 4.79 Å². The zero-order valence-corrected chi connectivity index (χ0v) is 10.7. The Hall–Kier alpha value is -2.34. The van der Waals surface area contributed by atoms with Crippen molar-refractivity contribution in [3.63, 3.8) is 0 Å². The van der Waals surface area contributed by atoms with Gasteiger partial charge in [-0.2, -0.15) is 0 Å². The first-order valence-electron chi connectivity index (χ1n) is 5.64. The molecule has 0 bridgehead atoms. The second kappa shape index (κ2) is 11.2. The first-order valence-corrected chi connectivity index (χ1v) is 5.64. The summed E-state index contributed by atoms with van der Waals surface area (Å²) < 4.78 is 0. The number of azide groups is 1. The van der Waals surface area contributed by atoms with Gasteiger partial charge in [0.2, 0.25) is 0 Å². The number of rotatable bonds is 1. The molecular formula is C14H15N3O. The quantitative estimate of drug-likeness (QED) is 0.301. The van der Waals surface area contributed by atoms with Crippen LogP contribution in [0, 0.1) is 35.5 Å². The van der Waals surface area contributed by atoms with E-state index in [-0.39, 0.29) is 6.04 Å². The summed E-state index contributed by atoms with van der Waals surface area (Å²) in [5.41, 5.74) is 8.06. The molecule has 1 saturated carbocycles. The number of hydrogen-bond acceptors (Lipinski definition) is 2. The molecule has 0 aromatic heterocycles. The Morgan fingerprint density at radius 2 is 1.61 bits per heavy atom. The number of carbonyl (C=O) groups is 1. The monoisotopic (exact) mass is 241 g/mol. The van der Waals surface area contributed by atoms with E-state index < -0.39 is 0 Å². The molecule has 0 aliphatic heterocycles. The Bertz CT molecular complexity index is 462. The number of Topliss-reactive ketones (excluding diaryl/α,β-unsaturated/α-hetero) is 1. The first-order chi connectivity index (χ1) is 8.74. The third kappa shape index (κ3) is 8.93. The van der Waals surface area contributed by atoms with Crippen molar-refractivity contribution in [2.24, 2.45) is 5.11 Å². The predicted octanol–water partition coefficient (Wildman–Crippen LogP) is 2.84. The lowest BCUT2D eigenvalue weighted by Gasteiger charge is -2.14. The molecule has 0 aromatic rings. The largest absolute Gasteiger partial charge is 0.300 e. The van der Waals surface area contributed by atoms with Crippen LogP contribution in [0.4, 0.5) is 0 Å². The Morgan fingerprint density at radius 1 is 1.11 bits per heavy atom. The lowest BCUT2D eigenvalue weighted by Crippen LogP contribution is -2.15. The molecule has 0 amide bonds. The molecule has 0 spiro atoms. The third-order valence-corrected chi connectivity index (χ3v) is 2.17. The molecule has 18 heavy (non-hydrogen) atoms. The van der Waals surface area contributed by atoms with Gasteiger partial charge in [-0.3, -0.25) is 4.79 Å². The molecule has 0 unspecified atom stereocenters. The summed E-state index contributed by atoms with van der Waals surface area (Å²) in [4.78, 5) is 13.4. The first kappa shape index (κ1) is 15.7. The SMILES string of the molecule is CC#CC#CC#CC.[N-]=[N+]=NC1CCC(=O)CC1. The normalized spacial score (nSPS) is 12.9. The highest BCUT2D eigenvalue weighted by atomic mass is 16.1. The van der Waals surface area contributed by atoms with Crippen molar-refractivity contribution < 1.29 is 4.79 Å². The highest BCUT2D eigenvalue weighted by molar-refractivity contribution is 5.79. The van der Waals surface area contributed by atoms with Crippen molar-refractivity contribution in [2.45, 2.75) is 45.6 Å². The van der Waals surface area contributed by atoms with Gasteiger partial charge < -0.3 is 0 Å². The van der Waals surface area contributed by atoms with Gasteiger partial charge in [-0.1, -0.05) is 17.0 Å². The van der Waals surface area contributed by atoms with Crippen LogP contribution >= 0.6 is 0 Å². The van der Waals surface area contributed by atoms with E-state index in [2.05, 4.69) is 45.5 Å². The predicted molar refractivity (Wildman–Crippen MR) is 71.1 cm³/mol. The summed E-state index contributed by atoms with van der Waals surface area (Å²) in [6.45, 7) is 3.49. The van der Waals surface area contributed by atoms with Gasteiger partial charge >= 0.3 is 0 Å². The summed E-state index contributed by atoms with van der Waals surface area (Å²) in [6, 6.07) is 0.0719. The van der Waals surface area contributed by atoms with Crippen molar-refractivity contribution in [1.29, 1.82) is 0 Å². The van der Waals surface area contributed by atoms with Crippen LogP contribution in [0.15, 0.2) is 5.11 Å². The maximum absolute atomic E-state index is 10.7. The molecule has 0 radical (unpaired) electrons. The molecule has 4 nitrogen and oxygen atoms in total. The maximum Gasteiger partial charge on any atom is 0.132 e. The zero-order valence-electron chi connectivity index (χ0n) is 10.7. The number of nitrogens with zero attached hydrogens (tertiary/aromatic N) is 3. The standard InChI is InChI=1S/C8H6.C6H9N3O/c1-3-5-7-8-6-4-2;7-9-8-5-1-3-6(10)4-2-5/h1-2H3;5H,1-4H2. The number of carbonyl (C=O) groups excluding carboxylic acids is 1.